The summed E-state index contributed by atoms with van der Waals surface area (Å²) in [4.78, 5) is 18.0. The van der Waals surface area contributed by atoms with Gasteiger partial charge >= 0.3 is 5.69 Å². The number of nitrogens with zero attached hydrogens (tertiary/aromatic N) is 4. The number of aromatic amines is 1. The summed E-state index contributed by atoms with van der Waals surface area (Å²) in [5.74, 6) is -0.0363. The molecule has 9 heteroatoms. The molecule has 24 heavy (non-hydrogen) atoms. The lowest BCUT2D eigenvalue weighted by atomic mass is 9.96. The Morgan fingerprint density at radius 3 is 2.88 bits per heavy atom. The second kappa shape index (κ2) is 6.48. The molecule has 3 heterocycles. The lowest BCUT2D eigenvalue weighted by Gasteiger charge is -2.31. The summed E-state index contributed by atoms with van der Waals surface area (Å²) in [6.07, 6.45) is 4.46. The molecule has 2 aromatic rings. The van der Waals surface area contributed by atoms with Gasteiger partial charge < -0.3 is 4.98 Å². The Labute approximate surface area is 140 Å². The van der Waals surface area contributed by atoms with Crippen LogP contribution >= 0.6 is 0 Å². The number of hydrogen-bond donors (Lipinski definition) is 1. The molecule has 130 valence electrons. The van der Waals surface area contributed by atoms with Crippen LogP contribution in [0.1, 0.15) is 37.1 Å². The molecule has 1 fully saturated rings. The fourth-order valence-corrected chi connectivity index (χ4v) is 4.86. The standard InChI is InChI=1S/C15H21N5O3S/c1-3-20-11(2)14(9-17-20)24(22,23)19-8-4-5-12(10-19)13-6-7-16-15(21)18-13/h6-7,9,12H,3-5,8,10H2,1-2H3,(H,16,18,21)/t12-/m0/s1. The average molecular weight is 351 g/mol. The van der Waals surface area contributed by atoms with E-state index in [0.29, 0.717) is 25.3 Å². The summed E-state index contributed by atoms with van der Waals surface area (Å²) in [7, 11) is -3.59. The van der Waals surface area contributed by atoms with E-state index in [-0.39, 0.29) is 10.8 Å². The molecule has 0 aromatic carbocycles. The van der Waals surface area contributed by atoms with Gasteiger partial charge in [-0.1, -0.05) is 0 Å². The van der Waals surface area contributed by atoms with Crippen LogP contribution in [0.15, 0.2) is 28.2 Å². The number of aryl methyl sites for hydroxylation is 1. The molecule has 0 radical (unpaired) electrons. The van der Waals surface area contributed by atoms with Crippen LogP contribution < -0.4 is 5.69 Å². The van der Waals surface area contributed by atoms with E-state index in [0.717, 1.165) is 18.5 Å². The Kier molecular flexibility index (Phi) is 4.55. The second-order valence-electron chi connectivity index (χ2n) is 5.94. The highest BCUT2D eigenvalue weighted by atomic mass is 32.2. The van der Waals surface area contributed by atoms with Crippen LogP contribution in [-0.2, 0) is 16.6 Å². The van der Waals surface area contributed by atoms with Crippen molar-refractivity contribution < 1.29 is 8.42 Å². The van der Waals surface area contributed by atoms with E-state index in [4.69, 9.17) is 0 Å². The van der Waals surface area contributed by atoms with Gasteiger partial charge in [0.1, 0.15) is 4.90 Å². The molecule has 1 saturated heterocycles. The van der Waals surface area contributed by atoms with E-state index < -0.39 is 15.7 Å². The van der Waals surface area contributed by atoms with Crippen LogP contribution in [0.5, 0.6) is 0 Å². The van der Waals surface area contributed by atoms with Gasteiger partial charge in [-0.2, -0.15) is 9.40 Å². The monoisotopic (exact) mass is 351 g/mol. The smallest absolute Gasteiger partial charge is 0.309 e. The zero-order valence-electron chi connectivity index (χ0n) is 13.8. The van der Waals surface area contributed by atoms with Crippen molar-refractivity contribution in [2.75, 3.05) is 13.1 Å². The van der Waals surface area contributed by atoms with Gasteiger partial charge in [-0.05, 0) is 32.8 Å². The van der Waals surface area contributed by atoms with E-state index in [2.05, 4.69) is 15.1 Å². The zero-order chi connectivity index (χ0) is 17.3. The Morgan fingerprint density at radius 2 is 2.21 bits per heavy atom. The van der Waals surface area contributed by atoms with E-state index in [9.17, 15) is 13.2 Å². The molecule has 3 rings (SSSR count). The summed E-state index contributed by atoms with van der Waals surface area (Å²) in [5.41, 5.74) is 0.973. The Balaban J connectivity index is 1.88. The van der Waals surface area contributed by atoms with Crippen molar-refractivity contribution in [2.45, 2.75) is 44.0 Å². The SMILES string of the molecule is CCn1ncc(S(=O)(=O)N2CCC[C@H](c3ccnc(=O)[nH]3)C2)c1C. The Hall–Kier alpha value is -2.00. The van der Waals surface area contributed by atoms with Crippen LogP contribution in [-0.4, -0.2) is 45.6 Å². The van der Waals surface area contributed by atoms with Gasteiger partial charge in [-0.15, -0.1) is 0 Å². The van der Waals surface area contributed by atoms with Crippen molar-refractivity contribution in [1.29, 1.82) is 0 Å². The molecule has 0 amide bonds. The number of rotatable bonds is 4. The molecule has 0 unspecified atom stereocenters. The highest BCUT2D eigenvalue weighted by Gasteiger charge is 2.33. The molecule has 0 saturated carbocycles. The third-order valence-electron chi connectivity index (χ3n) is 4.50. The van der Waals surface area contributed by atoms with E-state index >= 15 is 0 Å². The summed E-state index contributed by atoms with van der Waals surface area (Å²) in [5, 5.41) is 4.14. The van der Waals surface area contributed by atoms with E-state index in [1.54, 1.807) is 17.7 Å². The van der Waals surface area contributed by atoms with Gasteiger partial charge in [0.15, 0.2) is 0 Å². The summed E-state index contributed by atoms with van der Waals surface area (Å²) in [6, 6.07) is 1.74. The molecule has 1 aliphatic rings. The number of hydrogen-bond acceptors (Lipinski definition) is 5. The highest BCUT2D eigenvalue weighted by Crippen LogP contribution is 2.29. The first-order valence-electron chi connectivity index (χ1n) is 8.01. The number of nitrogens with one attached hydrogen (secondary N) is 1. The van der Waals surface area contributed by atoms with Crippen LogP contribution in [0.4, 0.5) is 0 Å². The fourth-order valence-electron chi connectivity index (χ4n) is 3.18. The molecule has 1 N–H and O–H groups in total. The largest absolute Gasteiger partial charge is 0.345 e. The van der Waals surface area contributed by atoms with E-state index in [1.165, 1.54) is 16.7 Å². The summed E-state index contributed by atoms with van der Waals surface area (Å²) < 4.78 is 29.1. The zero-order valence-corrected chi connectivity index (χ0v) is 14.6. The van der Waals surface area contributed by atoms with Gasteiger partial charge in [0.2, 0.25) is 10.0 Å². The maximum atomic E-state index is 13.0. The first-order chi connectivity index (χ1) is 11.4. The minimum atomic E-state index is -3.59. The van der Waals surface area contributed by atoms with Crippen molar-refractivity contribution in [2.24, 2.45) is 0 Å². The van der Waals surface area contributed by atoms with Crippen LogP contribution in [0.2, 0.25) is 0 Å². The molecule has 2 aromatic heterocycles. The fraction of sp³-hybridized carbons (Fsp3) is 0.533. The van der Waals surface area contributed by atoms with Crippen molar-refractivity contribution in [3.05, 3.63) is 40.3 Å². The van der Waals surface area contributed by atoms with E-state index in [1.807, 2.05) is 6.92 Å². The van der Waals surface area contributed by atoms with Gasteiger partial charge in [-0.3, -0.25) is 4.68 Å². The predicted octanol–water partition coefficient (Wildman–Crippen LogP) is 0.863. The molecule has 0 aliphatic carbocycles. The molecule has 0 bridgehead atoms. The highest BCUT2D eigenvalue weighted by molar-refractivity contribution is 7.89. The second-order valence-corrected chi connectivity index (χ2v) is 7.85. The minimum Gasteiger partial charge on any atom is -0.309 e. The molecule has 8 nitrogen and oxygen atoms in total. The number of H-pyrrole nitrogens is 1. The Morgan fingerprint density at radius 1 is 1.42 bits per heavy atom. The van der Waals surface area contributed by atoms with Gasteiger partial charge in [0.05, 0.1) is 11.9 Å². The molecule has 1 atom stereocenters. The molecule has 0 spiro atoms. The van der Waals surface area contributed by atoms with Crippen molar-refractivity contribution >= 4 is 10.0 Å². The average Bonchev–Trinajstić information content (AvgIpc) is 2.96. The first-order valence-corrected chi connectivity index (χ1v) is 9.45. The van der Waals surface area contributed by atoms with Crippen molar-refractivity contribution in [3.8, 4) is 0 Å². The van der Waals surface area contributed by atoms with Crippen LogP contribution in [0, 0.1) is 6.92 Å². The topological polar surface area (TPSA) is 101 Å². The Bertz CT molecular complexity index is 887. The third kappa shape index (κ3) is 3.01. The summed E-state index contributed by atoms with van der Waals surface area (Å²) in [6.45, 7) is 5.14. The van der Waals surface area contributed by atoms with Crippen LogP contribution in [0.3, 0.4) is 0 Å². The van der Waals surface area contributed by atoms with Gasteiger partial charge in [-0.25, -0.2) is 18.2 Å². The maximum Gasteiger partial charge on any atom is 0.345 e. The van der Waals surface area contributed by atoms with Crippen molar-refractivity contribution in [1.82, 2.24) is 24.1 Å². The quantitative estimate of drug-likeness (QED) is 0.880. The molecule has 1 aliphatic heterocycles. The molecular weight excluding hydrogens is 330 g/mol. The lowest BCUT2D eigenvalue weighted by molar-refractivity contribution is 0.312. The number of sulfonamides is 1. The summed E-state index contributed by atoms with van der Waals surface area (Å²) >= 11 is 0. The lowest BCUT2D eigenvalue weighted by Crippen LogP contribution is -2.39. The van der Waals surface area contributed by atoms with Gasteiger partial charge in [0, 0.05) is 37.4 Å². The number of piperidine rings is 1. The maximum absolute atomic E-state index is 13.0. The minimum absolute atomic E-state index is 0.0363. The van der Waals surface area contributed by atoms with Crippen LogP contribution in [0.25, 0.3) is 0 Å². The van der Waals surface area contributed by atoms with Crippen molar-refractivity contribution in [3.63, 3.8) is 0 Å². The normalized spacial score (nSPS) is 19.5. The predicted molar refractivity (Wildman–Crippen MR) is 88.2 cm³/mol. The molecular formula is C15H21N5O3S. The van der Waals surface area contributed by atoms with Gasteiger partial charge in [0.25, 0.3) is 0 Å². The third-order valence-corrected chi connectivity index (χ3v) is 6.46. The first kappa shape index (κ1) is 16.8. The number of aromatic nitrogens is 4.